The number of nitrogens with zero attached hydrogens (tertiary/aromatic N) is 2. The third-order valence-electron chi connectivity index (χ3n) is 5.79. The smallest absolute Gasteiger partial charge is 0.244 e. The summed E-state index contributed by atoms with van der Waals surface area (Å²) in [5.41, 5.74) is 1.03. The van der Waals surface area contributed by atoms with Crippen LogP contribution in [-0.2, 0) is 26.2 Å². The lowest BCUT2D eigenvalue weighted by atomic mass is 10.1. The molecule has 198 valence electrons. The quantitative estimate of drug-likeness (QED) is 0.436. The topological polar surface area (TPSA) is 105 Å². The zero-order valence-corrected chi connectivity index (χ0v) is 22.7. The van der Waals surface area contributed by atoms with E-state index in [1.807, 2.05) is 13.8 Å². The first-order valence-electron chi connectivity index (χ1n) is 11.9. The minimum atomic E-state index is -3.85. The van der Waals surface area contributed by atoms with Crippen molar-refractivity contribution in [2.45, 2.75) is 52.7 Å². The summed E-state index contributed by atoms with van der Waals surface area (Å²) >= 11 is 0. The van der Waals surface area contributed by atoms with Gasteiger partial charge in [0, 0.05) is 12.6 Å². The van der Waals surface area contributed by atoms with Gasteiger partial charge in [-0.15, -0.1) is 0 Å². The number of methoxy groups -OCH3 is 1. The van der Waals surface area contributed by atoms with Crippen LogP contribution in [0, 0.1) is 0 Å². The number of carbonyl (C=O) groups is 2. The molecule has 0 heterocycles. The first-order chi connectivity index (χ1) is 17.0. The molecule has 10 heteroatoms. The number of benzene rings is 2. The Balaban J connectivity index is 2.42. The van der Waals surface area contributed by atoms with Gasteiger partial charge in [-0.1, -0.05) is 31.2 Å². The molecular formula is C26H37N3O6S. The number of anilines is 1. The molecule has 0 unspecified atom stereocenters. The molecule has 0 radical (unpaired) electrons. The van der Waals surface area contributed by atoms with Crippen LogP contribution in [-0.4, -0.2) is 63.7 Å². The van der Waals surface area contributed by atoms with E-state index in [9.17, 15) is 18.0 Å². The van der Waals surface area contributed by atoms with Crippen molar-refractivity contribution in [1.29, 1.82) is 0 Å². The van der Waals surface area contributed by atoms with Crippen LogP contribution in [0.15, 0.2) is 48.5 Å². The maximum atomic E-state index is 13.6. The molecule has 0 fully saturated rings. The zero-order chi connectivity index (χ0) is 26.9. The Morgan fingerprint density at radius 1 is 1.03 bits per heavy atom. The van der Waals surface area contributed by atoms with E-state index in [1.54, 1.807) is 69.5 Å². The highest BCUT2D eigenvalue weighted by Gasteiger charge is 2.31. The zero-order valence-electron chi connectivity index (χ0n) is 21.9. The van der Waals surface area contributed by atoms with Crippen LogP contribution in [0.4, 0.5) is 5.69 Å². The van der Waals surface area contributed by atoms with Crippen molar-refractivity contribution in [3.05, 3.63) is 54.1 Å². The Morgan fingerprint density at radius 2 is 1.67 bits per heavy atom. The molecule has 2 aromatic rings. The predicted octanol–water partition coefficient (Wildman–Crippen LogP) is 3.19. The molecule has 0 spiro atoms. The summed E-state index contributed by atoms with van der Waals surface area (Å²) < 4.78 is 37.4. The molecule has 2 rings (SSSR count). The van der Waals surface area contributed by atoms with Gasteiger partial charge in [0.05, 0.1) is 25.7 Å². The molecule has 0 aliphatic carbocycles. The molecule has 9 nitrogen and oxygen atoms in total. The maximum Gasteiger partial charge on any atom is 0.244 e. The highest BCUT2D eigenvalue weighted by atomic mass is 32.2. The summed E-state index contributed by atoms with van der Waals surface area (Å²) in [5, 5.41) is 2.91. The fourth-order valence-corrected chi connectivity index (χ4v) is 4.36. The van der Waals surface area contributed by atoms with E-state index in [-0.39, 0.29) is 24.2 Å². The Bertz CT molecular complexity index is 1120. The van der Waals surface area contributed by atoms with Crippen LogP contribution in [0.3, 0.4) is 0 Å². The van der Waals surface area contributed by atoms with Gasteiger partial charge < -0.3 is 19.7 Å². The highest BCUT2D eigenvalue weighted by molar-refractivity contribution is 7.92. The average molecular weight is 520 g/mol. The predicted molar refractivity (Wildman–Crippen MR) is 141 cm³/mol. The van der Waals surface area contributed by atoms with Gasteiger partial charge in [-0.2, -0.15) is 0 Å². The van der Waals surface area contributed by atoms with Gasteiger partial charge in [0.2, 0.25) is 21.8 Å². The van der Waals surface area contributed by atoms with Gasteiger partial charge >= 0.3 is 0 Å². The third-order valence-corrected chi connectivity index (χ3v) is 6.92. The number of rotatable bonds is 13. The van der Waals surface area contributed by atoms with Gasteiger partial charge in [-0.3, -0.25) is 13.9 Å². The molecule has 0 bridgehead atoms. The van der Waals surface area contributed by atoms with Crippen molar-refractivity contribution in [3.8, 4) is 11.5 Å². The summed E-state index contributed by atoms with van der Waals surface area (Å²) in [6.07, 6.45) is 1.77. The average Bonchev–Trinajstić information content (AvgIpc) is 2.85. The SMILES string of the molecule is CCOc1ccccc1N(CC(=O)N(Cc1ccc(OC)cc1)[C@H](C)C(=O)N[C@H](C)CC)S(C)(=O)=O. The van der Waals surface area contributed by atoms with E-state index >= 15 is 0 Å². The highest BCUT2D eigenvalue weighted by Crippen LogP contribution is 2.30. The fraction of sp³-hybridized carbons (Fsp3) is 0.462. The summed E-state index contributed by atoms with van der Waals surface area (Å²) in [6, 6.07) is 12.9. The monoisotopic (exact) mass is 519 g/mol. The van der Waals surface area contributed by atoms with Gasteiger partial charge in [-0.25, -0.2) is 8.42 Å². The summed E-state index contributed by atoms with van der Waals surface area (Å²) in [6.45, 7) is 7.23. The van der Waals surface area contributed by atoms with Crippen molar-refractivity contribution in [1.82, 2.24) is 10.2 Å². The van der Waals surface area contributed by atoms with E-state index in [4.69, 9.17) is 9.47 Å². The lowest BCUT2D eigenvalue weighted by Crippen LogP contribution is -2.52. The Hall–Kier alpha value is -3.27. The van der Waals surface area contributed by atoms with E-state index in [0.717, 1.165) is 22.5 Å². The van der Waals surface area contributed by atoms with Crippen molar-refractivity contribution in [2.24, 2.45) is 0 Å². The second kappa shape index (κ2) is 13.2. The minimum absolute atomic E-state index is 0.0662. The fourth-order valence-electron chi connectivity index (χ4n) is 3.51. The third kappa shape index (κ3) is 7.87. The lowest BCUT2D eigenvalue weighted by Gasteiger charge is -2.32. The molecule has 0 saturated carbocycles. The van der Waals surface area contributed by atoms with Gasteiger partial charge in [0.15, 0.2) is 0 Å². The van der Waals surface area contributed by atoms with E-state index in [0.29, 0.717) is 18.1 Å². The van der Waals surface area contributed by atoms with Crippen LogP contribution in [0.1, 0.15) is 39.7 Å². The first kappa shape index (κ1) is 29.0. The van der Waals surface area contributed by atoms with Crippen molar-refractivity contribution in [3.63, 3.8) is 0 Å². The van der Waals surface area contributed by atoms with Crippen molar-refractivity contribution < 1.29 is 27.5 Å². The molecule has 0 aliphatic rings. The van der Waals surface area contributed by atoms with Gasteiger partial charge in [0.25, 0.3) is 0 Å². The van der Waals surface area contributed by atoms with Crippen molar-refractivity contribution >= 4 is 27.5 Å². The summed E-state index contributed by atoms with van der Waals surface area (Å²) in [7, 11) is -2.29. The molecule has 36 heavy (non-hydrogen) atoms. The Labute approximate surface area is 214 Å². The van der Waals surface area contributed by atoms with Gasteiger partial charge in [0.1, 0.15) is 24.1 Å². The number of carbonyl (C=O) groups excluding carboxylic acids is 2. The molecule has 2 aromatic carbocycles. The van der Waals surface area contributed by atoms with Crippen LogP contribution in [0.25, 0.3) is 0 Å². The number of amides is 2. The number of nitrogens with one attached hydrogen (secondary N) is 1. The number of sulfonamides is 1. The molecular weight excluding hydrogens is 482 g/mol. The lowest BCUT2D eigenvalue weighted by molar-refractivity contribution is -0.139. The number of hydrogen-bond donors (Lipinski definition) is 1. The van der Waals surface area contributed by atoms with Gasteiger partial charge in [-0.05, 0) is 57.0 Å². The maximum absolute atomic E-state index is 13.6. The number of hydrogen-bond acceptors (Lipinski definition) is 6. The van der Waals surface area contributed by atoms with E-state index in [2.05, 4.69) is 5.32 Å². The largest absolute Gasteiger partial charge is 0.497 e. The van der Waals surface area contributed by atoms with E-state index < -0.39 is 28.5 Å². The Morgan fingerprint density at radius 3 is 2.22 bits per heavy atom. The van der Waals surface area contributed by atoms with Crippen LogP contribution in [0.2, 0.25) is 0 Å². The van der Waals surface area contributed by atoms with E-state index in [1.165, 1.54) is 4.90 Å². The molecule has 1 N–H and O–H groups in total. The summed E-state index contributed by atoms with van der Waals surface area (Å²) in [5.74, 6) is 0.179. The molecule has 0 aliphatic heterocycles. The second-order valence-electron chi connectivity index (χ2n) is 8.53. The number of ether oxygens (including phenoxy) is 2. The summed E-state index contributed by atoms with van der Waals surface area (Å²) in [4.78, 5) is 28.0. The minimum Gasteiger partial charge on any atom is -0.497 e. The number of para-hydroxylation sites is 2. The normalized spacial score (nSPS) is 12.8. The van der Waals surface area contributed by atoms with Crippen molar-refractivity contribution in [2.75, 3.05) is 30.8 Å². The van der Waals surface area contributed by atoms with Crippen LogP contribution in [0.5, 0.6) is 11.5 Å². The van der Waals surface area contributed by atoms with Crippen LogP contribution < -0.4 is 19.1 Å². The molecule has 0 aromatic heterocycles. The standard InChI is InChI=1S/C26H37N3O6S/c1-7-19(3)27-26(31)20(4)28(17-21-13-15-22(34-5)16-14-21)25(30)18-29(36(6,32)33)23-11-9-10-12-24(23)35-8-2/h9-16,19-20H,7-8,17-18H2,1-6H3,(H,27,31)/t19-,20-/m1/s1. The first-order valence-corrected chi connectivity index (χ1v) is 13.8. The van der Waals surface area contributed by atoms with Crippen LogP contribution >= 0.6 is 0 Å². The molecule has 0 saturated heterocycles. The second-order valence-corrected chi connectivity index (χ2v) is 10.4. The Kier molecular flexibility index (Phi) is 10.6. The molecule has 2 amide bonds. The molecule has 2 atom stereocenters.